The van der Waals surface area contributed by atoms with Crippen LogP contribution in [0.3, 0.4) is 0 Å². The van der Waals surface area contributed by atoms with E-state index in [0.29, 0.717) is 35.5 Å². The van der Waals surface area contributed by atoms with Crippen molar-refractivity contribution >= 4 is 11.5 Å². The minimum absolute atomic E-state index is 0.394. The SMILES string of the molecule is O=C(O)C=C1CCCn2nnc(-c3ccc(C(F)(F)F)cc3)c21. The predicted octanol–water partition coefficient (Wildman–Crippen LogP) is 3.23. The lowest BCUT2D eigenvalue weighted by atomic mass is 9.97. The topological polar surface area (TPSA) is 68.0 Å². The first-order chi connectivity index (χ1) is 10.9. The number of aliphatic carboxylic acids is 1. The summed E-state index contributed by atoms with van der Waals surface area (Å²) < 4.78 is 39.5. The molecule has 0 bridgehead atoms. The molecule has 0 radical (unpaired) electrons. The fraction of sp³-hybridized carbons (Fsp3) is 0.267. The molecule has 0 saturated carbocycles. The van der Waals surface area contributed by atoms with E-state index >= 15 is 0 Å². The van der Waals surface area contributed by atoms with Crippen molar-refractivity contribution in [3.05, 3.63) is 41.6 Å². The molecular formula is C15H12F3N3O2. The number of fused-ring (bicyclic) bond motifs is 1. The summed E-state index contributed by atoms with van der Waals surface area (Å²) in [5.74, 6) is -1.08. The number of halogens is 3. The molecule has 8 heteroatoms. The summed E-state index contributed by atoms with van der Waals surface area (Å²) in [6.45, 7) is 0.597. The summed E-state index contributed by atoms with van der Waals surface area (Å²) in [5.41, 5.74) is 1.24. The van der Waals surface area contributed by atoms with Gasteiger partial charge in [0, 0.05) is 18.2 Å². The molecule has 1 aromatic carbocycles. The van der Waals surface area contributed by atoms with Gasteiger partial charge in [0.1, 0.15) is 5.69 Å². The van der Waals surface area contributed by atoms with E-state index in [0.717, 1.165) is 24.6 Å². The number of aryl methyl sites for hydroxylation is 1. The van der Waals surface area contributed by atoms with Gasteiger partial charge in [0.25, 0.3) is 0 Å². The highest BCUT2D eigenvalue weighted by Crippen LogP contribution is 2.35. The second kappa shape index (κ2) is 5.53. The number of benzene rings is 1. The normalized spacial score (nSPS) is 16.4. The average molecular weight is 323 g/mol. The van der Waals surface area contributed by atoms with Crippen LogP contribution in [0.15, 0.2) is 30.3 Å². The Balaban J connectivity index is 2.05. The molecule has 1 aliphatic rings. The molecule has 0 saturated heterocycles. The van der Waals surface area contributed by atoms with Crippen molar-refractivity contribution in [1.29, 1.82) is 0 Å². The van der Waals surface area contributed by atoms with Gasteiger partial charge in [-0.05, 0) is 30.5 Å². The van der Waals surface area contributed by atoms with Gasteiger partial charge in [-0.1, -0.05) is 17.3 Å². The quantitative estimate of drug-likeness (QED) is 0.862. The lowest BCUT2D eigenvalue weighted by Gasteiger charge is -2.16. The lowest BCUT2D eigenvalue weighted by Crippen LogP contribution is -2.12. The summed E-state index contributed by atoms with van der Waals surface area (Å²) in [7, 11) is 0. The van der Waals surface area contributed by atoms with Crippen molar-refractivity contribution in [3.8, 4) is 11.3 Å². The van der Waals surface area contributed by atoms with Gasteiger partial charge in [0.05, 0.1) is 11.3 Å². The van der Waals surface area contributed by atoms with E-state index in [9.17, 15) is 18.0 Å². The van der Waals surface area contributed by atoms with Crippen LogP contribution >= 0.6 is 0 Å². The third-order valence-electron chi connectivity index (χ3n) is 3.64. The average Bonchev–Trinajstić information content (AvgIpc) is 2.91. The van der Waals surface area contributed by atoms with Crippen LogP contribution in [-0.2, 0) is 17.5 Å². The predicted molar refractivity (Wildman–Crippen MR) is 75.3 cm³/mol. The molecule has 0 atom stereocenters. The number of hydrogen-bond acceptors (Lipinski definition) is 3. The molecule has 0 aliphatic carbocycles. The van der Waals surface area contributed by atoms with Crippen molar-refractivity contribution < 1.29 is 23.1 Å². The summed E-state index contributed by atoms with van der Waals surface area (Å²) in [5, 5.41) is 17.0. The lowest BCUT2D eigenvalue weighted by molar-refractivity contribution is -0.137. The van der Waals surface area contributed by atoms with E-state index in [1.54, 1.807) is 4.68 Å². The van der Waals surface area contributed by atoms with E-state index in [1.807, 2.05) is 0 Å². The Morgan fingerprint density at radius 3 is 2.57 bits per heavy atom. The second-order valence-corrected chi connectivity index (χ2v) is 5.20. The molecule has 1 aromatic heterocycles. The maximum atomic E-state index is 12.6. The molecule has 0 amide bonds. The number of carboxylic acid groups (broad SMARTS) is 1. The maximum absolute atomic E-state index is 12.6. The van der Waals surface area contributed by atoms with Crippen LogP contribution in [-0.4, -0.2) is 26.1 Å². The molecule has 120 valence electrons. The Kier molecular flexibility index (Phi) is 3.67. The smallest absolute Gasteiger partial charge is 0.416 e. The Bertz CT molecular complexity index is 776. The van der Waals surface area contributed by atoms with Gasteiger partial charge in [-0.3, -0.25) is 0 Å². The van der Waals surface area contributed by atoms with Gasteiger partial charge >= 0.3 is 12.1 Å². The van der Waals surface area contributed by atoms with E-state index in [1.165, 1.54) is 12.1 Å². The first-order valence-corrected chi connectivity index (χ1v) is 6.91. The van der Waals surface area contributed by atoms with Crippen LogP contribution < -0.4 is 0 Å². The maximum Gasteiger partial charge on any atom is 0.416 e. The Morgan fingerprint density at radius 1 is 1.26 bits per heavy atom. The summed E-state index contributed by atoms with van der Waals surface area (Å²) >= 11 is 0. The standard InChI is InChI=1S/C15H12F3N3O2/c16-15(17,18)11-5-3-9(4-6-11)13-14-10(8-12(22)23)2-1-7-21(14)20-19-13/h3-6,8H,1-2,7H2,(H,22,23). The van der Waals surface area contributed by atoms with Crippen LogP contribution in [0.1, 0.15) is 24.1 Å². The van der Waals surface area contributed by atoms with E-state index in [4.69, 9.17) is 5.11 Å². The summed E-state index contributed by atoms with van der Waals surface area (Å²) in [6, 6.07) is 4.59. The van der Waals surface area contributed by atoms with Gasteiger partial charge in [-0.15, -0.1) is 5.10 Å². The highest BCUT2D eigenvalue weighted by Gasteiger charge is 2.30. The Labute approximate surface area is 129 Å². The minimum Gasteiger partial charge on any atom is -0.478 e. The van der Waals surface area contributed by atoms with E-state index in [-0.39, 0.29) is 0 Å². The largest absolute Gasteiger partial charge is 0.478 e. The molecule has 3 rings (SSSR count). The summed E-state index contributed by atoms with van der Waals surface area (Å²) in [6.07, 6.45) is -2.00. The van der Waals surface area contributed by atoms with Gasteiger partial charge in [-0.25, -0.2) is 9.48 Å². The molecule has 1 aliphatic heterocycles. The number of carboxylic acids is 1. The number of nitrogens with zero attached hydrogens (tertiary/aromatic N) is 3. The van der Waals surface area contributed by atoms with Crippen LogP contribution in [0, 0.1) is 0 Å². The first-order valence-electron chi connectivity index (χ1n) is 6.91. The zero-order valence-electron chi connectivity index (χ0n) is 11.8. The van der Waals surface area contributed by atoms with Gasteiger partial charge in [0.2, 0.25) is 0 Å². The molecular weight excluding hydrogens is 311 g/mol. The zero-order valence-corrected chi connectivity index (χ0v) is 11.8. The first kappa shape index (κ1) is 15.3. The molecule has 2 heterocycles. The van der Waals surface area contributed by atoms with E-state index in [2.05, 4.69) is 10.3 Å². The molecule has 5 nitrogen and oxygen atoms in total. The Hall–Kier alpha value is -2.64. The number of alkyl halides is 3. The third kappa shape index (κ3) is 2.96. The number of hydrogen-bond donors (Lipinski definition) is 1. The minimum atomic E-state index is -4.40. The van der Waals surface area contributed by atoms with Gasteiger partial charge < -0.3 is 5.11 Å². The third-order valence-corrected chi connectivity index (χ3v) is 3.64. The van der Waals surface area contributed by atoms with Crippen LogP contribution in [0.5, 0.6) is 0 Å². The number of aromatic nitrogens is 3. The number of carbonyl (C=O) groups is 1. The highest BCUT2D eigenvalue weighted by atomic mass is 19.4. The summed E-state index contributed by atoms with van der Waals surface area (Å²) in [4.78, 5) is 11.0. The second-order valence-electron chi connectivity index (χ2n) is 5.20. The molecule has 0 fully saturated rings. The molecule has 1 N–H and O–H groups in total. The zero-order chi connectivity index (χ0) is 16.6. The van der Waals surface area contributed by atoms with Crippen LogP contribution in [0.25, 0.3) is 16.8 Å². The molecule has 0 spiro atoms. The monoisotopic (exact) mass is 323 g/mol. The number of allylic oxidation sites excluding steroid dienone is 1. The van der Waals surface area contributed by atoms with Crippen LogP contribution in [0.4, 0.5) is 13.2 Å². The van der Waals surface area contributed by atoms with Gasteiger partial charge in [0.15, 0.2) is 0 Å². The Morgan fingerprint density at radius 2 is 1.96 bits per heavy atom. The van der Waals surface area contributed by atoms with Crippen molar-refractivity contribution in [2.75, 3.05) is 0 Å². The van der Waals surface area contributed by atoms with Crippen molar-refractivity contribution in [2.24, 2.45) is 0 Å². The van der Waals surface area contributed by atoms with Crippen molar-refractivity contribution in [1.82, 2.24) is 15.0 Å². The van der Waals surface area contributed by atoms with Gasteiger partial charge in [-0.2, -0.15) is 13.2 Å². The fourth-order valence-electron chi connectivity index (χ4n) is 2.63. The number of rotatable bonds is 2. The highest BCUT2D eigenvalue weighted by molar-refractivity contribution is 5.92. The van der Waals surface area contributed by atoms with E-state index < -0.39 is 17.7 Å². The fourth-order valence-corrected chi connectivity index (χ4v) is 2.63. The molecule has 23 heavy (non-hydrogen) atoms. The van der Waals surface area contributed by atoms with Crippen LogP contribution in [0.2, 0.25) is 0 Å². The van der Waals surface area contributed by atoms with Crippen molar-refractivity contribution in [2.45, 2.75) is 25.6 Å². The van der Waals surface area contributed by atoms with Crippen molar-refractivity contribution in [3.63, 3.8) is 0 Å². The molecule has 2 aromatic rings. The molecule has 0 unspecified atom stereocenters.